The fourth-order valence-electron chi connectivity index (χ4n) is 3.72. The van der Waals surface area contributed by atoms with E-state index in [1.807, 2.05) is 67.7 Å². The number of amides is 2. The number of benzene rings is 2. The molecule has 1 aromatic heterocycles. The van der Waals surface area contributed by atoms with Crippen LogP contribution >= 0.6 is 0 Å². The largest absolute Gasteiger partial charge is 0.459 e. The Kier molecular flexibility index (Phi) is 5.81. The summed E-state index contributed by atoms with van der Waals surface area (Å²) >= 11 is 0. The number of allylic oxidation sites excluding steroid dienone is 1. The van der Waals surface area contributed by atoms with Gasteiger partial charge in [-0.25, -0.2) is 14.3 Å². The van der Waals surface area contributed by atoms with E-state index in [4.69, 9.17) is 9.84 Å². The average molecular weight is 431 g/mol. The highest BCUT2D eigenvalue weighted by Crippen LogP contribution is 2.35. The van der Waals surface area contributed by atoms with Crippen LogP contribution in [0.3, 0.4) is 0 Å². The summed E-state index contributed by atoms with van der Waals surface area (Å²) in [6.07, 6.45) is 1.57. The molecule has 7 heteroatoms. The molecule has 1 atom stereocenters. The monoisotopic (exact) mass is 430 g/mol. The fraction of sp³-hybridized carbons (Fsp3) is 0.240. The van der Waals surface area contributed by atoms with Gasteiger partial charge in [-0.05, 0) is 39.8 Å². The van der Waals surface area contributed by atoms with Gasteiger partial charge >= 0.3 is 12.0 Å². The Morgan fingerprint density at radius 3 is 2.41 bits per heavy atom. The maximum Gasteiger partial charge on any atom is 0.338 e. The normalized spacial score (nSPS) is 16.0. The molecule has 32 heavy (non-hydrogen) atoms. The van der Waals surface area contributed by atoms with E-state index in [1.54, 1.807) is 25.5 Å². The lowest BCUT2D eigenvalue weighted by molar-refractivity contribution is -0.143. The lowest BCUT2D eigenvalue weighted by Crippen LogP contribution is -2.45. The van der Waals surface area contributed by atoms with E-state index in [9.17, 15) is 9.59 Å². The molecule has 4 rings (SSSR count). The van der Waals surface area contributed by atoms with Crippen LogP contribution in [0.25, 0.3) is 16.9 Å². The summed E-state index contributed by atoms with van der Waals surface area (Å²) in [5.74, 6) is -0.475. The SMILES string of the molecule is CC1=C(C(=O)OC(C)C)[C@@H](c2cn(-c3ccccc3)nc2-c2ccc(C)cc2)NC(=O)N1. The molecule has 1 aliphatic heterocycles. The van der Waals surface area contributed by atoms with Gasteiger partial charge in [0.2, 0.25) is 0 Å². The van der Waals surface area contributed by atoms with Crippen LogP contribution in [-0.4, -0.2) is 27.9 Å². The molecule has 1 aliphatic rings. The molecular weight excluding hydrogens is 404 g/mol. The van der Waals surface area contributed by atoms with Crippen molar-refractivity contribution in [3.63, 3.8) is 0 Å². The van der Waals surface area contributed by atoms with Crippen LogP contribution in [0.5, 0.6) is 0 Å². The van der Waals surface area contributed by atoms with Crippen molar-refractivity contribution in [2.45, 2.75) is 39.8 Å². The first-order valence-electron chi connectivity index (χ1n) is 10.5. The van der Waals surface area contributed by atoms with E-state index >= 15 is 0 Å². The first-order chi connectivity index (χ1) is 15.3. The zero-order valence-electron chi connectivity index (χ0n) is 18.5. The first-order valence-corrected chi connectivity index (χ1v) is 10.5. The number of para-hydroxylation sites is 1. The fourth-order valence-corrected chi connectivity index (χ4v) is 3.72. The molecule has 0 fully saturated rings. The summed E-state index contributed by atoms with van der Waals surface area (Å²) in [4.78, 5) is 25.4. The molecule has 3 aromatic rings. The number of aryl methyl sites for hydroxylation is 1. The third kappa shape index (κ3) is 4.27. The number of carbonyl (C=O) groups excluding carboxylic acids is 2. The maximum atomic E-state index is 13.0. The second-order valence-electron chi connectivity index (χ2n) is 8.10. The molecular formula is C25H26N4O3. The third-order valence-electron chi connectivity index (χ3n) is 5.23. The molecule has 0 saturated heterocycles. The van der Waals surface area contributed by atoms with Crippen LogP contribution in [0.4, 0.5) is 4.79 Å². The molecule has 2 N–H and O–H groups in total. The van der Waals surface area contributed by atoms with E-state index in [2.05, 4.69) is 10.6 Å². The average Bonchev–Trinajstić information content (AvgIpc) is 3.19. The number of ether oxygens (including phenoxy) is 1. The number of aromatic nitrogens is 2. The van der Waals surface area contributed by atoms with Gasteiger partial charge in [-0.2, -0.15) is 5.10 Å². The Bertz CT molecular complexity index is 1180. The highest BCUT2D eigenvalue weighted by atomic mass is 16.5. The van der Waals surface area contributed by atoms with E-state index in [-0.39, 0.29) is 12.1 Å². The predicted octanol–water partition coefficient (Wildman–Crippen LogP) is 4.43. The van der Waals surface area contributed by atoms with Gasteiger partial charge in [-0.15, -0.1) is 0 Å². The summed E-state index contributed by atoms with van der Waals surface area (Å²) < 4.78 is 7.25. The van der Waals surface area contributed by atoms with Gasteiger partial charge in [-0.1, -0.05) is 48.0 Å². The number of nitrogens with zero attached hydrogens (tertiary/aromatic N) is 2. The Labute approximate surface area is 187 Å². The summed E-state index contributed by atoms with van der Waals surface area (Å²) in [5.41, 5.74) is 5.11. The molecule has 0 radical (unpaired) electrons. The van der Waals surface area contributed by atoms with Crippen molar-refractivity contribution in [3.8, 4) is 16.9 Å². The van der Waals surface area contributed by atoms with Crippen LogP contribution in [0.1, 0.15) is 37.9 Å². The number of carbonyl (C=O) groups is 2. The van der Waals surface area contributed by atoms with E-state index < -0.39 is 12.0 Å². The second-order valence-corrected chi connectivity index (χ2v) is 8.10. The van der Waals surface area contributed by atoms with Gasteiger partial charge in [0.25, 0.3) is 0 Å². The van der Waals surface area contributed by atoms with Gasteiger partial charge in [0.1, 0.15) is 0 Å². The molecule has 7 nitrogen and oxygen atoms in total. The number of hydrogen-bond donors (Lipinski definition) is 2. The van der Waals surface area contributed by atoms with Crippen molar-refractivity contribution in [3.05, 3.63) is 83.2 Å². The Hall–Kier alpha value is -3.87. The van der Waals surface area contributed by atoms with Crippen LogP contribution in [-0.2, 0) is 9.53 Å². The Balaban J connectivity index is 1.89. The molecule has 2 amide bonds. The minimum atomic E-state index is -0.705. The Morgan fingerprint density at radius 2 is 1.75 bits per heavy atom. The lowest BCUT2D eigenvalue weighted by Gasteiger charge is -2.28. The molecule has 0 bridgehead atoms. The van der Waals surface area contributed by atoms with Crippen molar-refractivity contribution in [2.24, 2.45) is 0 Å². The summed E-state index contributed by atoms with van der Waals surface area (Å²) in [7, 11) is 0. The first kappa shape index (κ1) is 21.4. The topological polar surface area (TPSA) is 85.2 Å². The van der Waals surface area contributed by atoms with Crippen molar-refractivity contribution >= 4 is 12.0 Å². The second kappa shape index (κ2) is 8.70. The predicted molar refractivity (Wildman–Crippen MR) is 122 cm³/mol. The van der Waals surface area contributed by atoms with E-state index in [0.29, 0.717) is 22.5 Å². The highest BCUT2D eigenvalue weighted by molar-refractivity contribution is 5.95. The smallest absolute Gasteiger partial charge is 0.338 e. The zero-order valence-corrected chi connectivity index (χ0v) is 18.5. The van der Waals surface area contributed by atoms with E-state index in [0.717, 1.165) is 16.8 Å². The number of nitrogens with one attached hydrogen (secondary N) is 2. The van der Waals surface area contributed by atoms with Gasteiger partial charge in [0.05, 0.1) is 29.1 Å². The van der Waals surface area contributed by atoms with Crippen LogP contribution < -0.4 is 10.6 Å². The molecule has 164 valence electrons. The van der Waals surface area contributed by atoms with Gasteiger partial charge in [0, 0.05) is 23.0 Å². The van der Waals surface area contributed by atoms with Gasteiger partial charge in [0.15, 0.2) is 0 Å². The quantitative estimate of drug-likeness (QED) is 0.587. The number of urea groups is 1. The molecule has 0 saturated carbocycles. The third-order valence-corrected chi connectivity index (χ3v) is 5.23. The van der Waals surface area contributed by atoms with Gasteiger partial charge < -0.3 is 15.4 Å². The highest BCUT2D eigenvalue weighted by Gasteiger charge is 2.35. The summed E-state index contributed by atoms with van der Waals surface area (Å²) in [5, 5.41) is 10.4. The number of esters is 1. The van der Waals surface area contributed by atoms with Crippen molar-refractivity contribution in [2.75, 3.05) is 0 Å². The molecule has 0 spiro atoms. The van der Waals surface area contributed by atoms with Crippen LogP contribution in [0.15, 0.2) is 72.1 Å². The van der Waals surface area contributed by atoms with Crippen LogP contribution in [0.2, 0.25) is 0 Å². The summed E-state index contributed by atoms with van der Waals surface area (Å²) in [6.45, 7) is 7.31. The minimum Gasteiger partial charge on any atom is -0.459 e. The lowest BCUT2D eigenvalue weighted by atomic mass is 9.93. The van der Waals surface area contributed by atoms with E-state index in [1.165, 1.54) is 0 Å². The number of hydrogen-bond acceptors (Lipinski definition) is 4. The molecule has 2 aromatic carbocycles. The standard InChI is InChI=1S/C25H26N4O3/c1-15(2)32-24(30)21-17(4)26-25(31)27-23(21)20-14-29(19-8-6-5-7-9-19)28-22(20)18-12-10-16(3)11-13-18/h5-15,23H,1-4H3,(H2,26,27,31)/t23-/m1/s1. The summed E-state index contributed by atoms with van der Waals surface area (Å²) in [6, 6.07) is 16.6. The molecule has 2 heterocycles. The van der Waals surface area contributed by atoms with Gasteiger partial charge in [-0.3, -0.25) is 0 Å². The van der Waals surface area contributed by atoms with Crippen molar-refractivity contribution in [1.29, 1.82) is 0 Å². The molecule has 0 unspecified atom stereocenters. The maximum absolute atomic E-state index is 13.0. The Morgan fingerprint density at radius 1 is 1.06 bits per heavy atom. The zero-order chi connectivity index (χ0) is 22.8. The minimum absolute atomic E-state index is 0.287. The number of rotatable bonds is 5. The molecule has 0 aliphatic carbocycles. The van der Waals surface area contributed by atoms with Crippen molar-refractivity contribution < 1.29 is 14.3 Å². The van der Waals surface area contributed by atoms with Crippen molar-refractivity contribution in [1.82, 2.24) is 20.4 Å². The van der Waals surface area contributed by atoms with Crippen LogP contribution in [0, 0.1) is 6.92 Å².